The smallest absolute Gasteiger partial charge is 0.270 e. The molecule has 0 aliphatic carbocycles. The van der Waals surface area contributed by atoms with Gasteiger partial charge < -0.3 is 15.4 Å². The van der Waals surface area contributed by atoms with Crippen LogP contribution in [0.25, 0.3) is 0 Å². The zero-order valence-corrected chi connectivity index (χ0v) is 13.9. The second-order valence-corrected chi connectivity index (χ2v) is 5.91. The summed E-state index contributed by atoms with van der Waals surface area (Å²) in [5.41, 5.74) is 1.27. The van der Waals surface area contributed by atoms with E-state index in [1.165, 1.54) is 12.1 Å². The van der Waals surface area contributed by atoms with Gasteiger partial charge in [0.2, 0.25) is 5.95 Å². The van der Waals surface area contributed by atoms with E-state index in [0.717, 1.165) is 25.0 Å². The Hall–Kier alpha value is -2.54. The number of amides is 1. The van der Waals surface area contributed by atoms with Crippen molar-refractivity contribution in [3.05, 3.63) is 53.6 Å². The summed E-state index contributed by atoms with van der Waals surface area (Å²) in [5.74, 6) is -0.108. The number of ether oxygens (including phenoxy) is 1. The minimum Gasteiger partial charge on any atom is -0.376 e. The molecule has 3 rings (SSSR count). The summed E-state index contributed by atoms with van der Waals surface area (Å²) in [5, 5.41) is 5.92. The second kappa shape index (κ2) is 8.53. The predicted octanol–water partition coefficient (Wildman–Crippen LogP) is 2.18. The molecule has 1 aliphatic rings. The van der Waals surface area contributed by atoms with Gasteiger partial charge in [-0.2, -0.15) is 0 Å². The van der Waals surface area contributed by atoms with Crippen molar-refractivity contribution < 1.29 is 13.9 Å². The van der Waals surface area contributed by atoms with Gasteiger partial charge in [-0.25, -0.2) is 14.4 Å². The van der Waals surface area contributed by atoms with Crippen molar-refractivity contribution >= 4 is 11.9 Å². The van der Waals surface area contributed by atoms with Crippen molar-refractivity contribution in [1.82, 2.24) is 15.3 Å². The molecule has 1 unspecified atom stereocenters. The van der Waals surface area contributed by atoms with Gasteiger partial charge >= 0.3 is 0 Å². The molecule has 1 fully saturated rings. The van der Waals surface area contributed by atoms with Crippen molar-refractivity contribution in [1.29, 1.82) is 0 Å². The van der Waals surface area contributed by atoms with Gasteiger partial charge in [-0.05, 0) is 43.0 Å². The van der Waals surface area contributed by atoms with Gasteiger partial charge in [0.15, 0.2) is 0 Å². The fourth-order valence-corrected chi connectivity index (χ4v) is 2.64. The van der Waals surface area contributed by atoms with Crippen molar-refractivity contribution in [2.75, 3.05) is 25.0 Å². The molecule has 2 heterocycles. The van der Waals surface area contributed by atoms with Crippen molar-refractivity contribution in [2.45, 2.75) is 25.4 Å². The van der Waals surface area contributed by atoms with E-state index in [-0.39, 0.29) is 17.8 Å². The number of carbonyl (C=O) groups is 1. The number of nitrogens with zero attached hydrogens (tertiary/aromatic N) is 2. The topological polar surface area (TPSA) is 76.1 Å². The first-order valence-corrected chi connectivity index (χ1v) is 8.42. The Balaban J connectivity index is 1.47. The molecule has 1 aromatic heterocycles. The van der Waals surface area contributed by atoms with E-state index < -0.39 is 0 Å². The summed E-state index contributed by atoms with van der Waals surface area (Å²) in [6.45, 7) is 1.88. The van der Waals surface area contributed by atoms with Gasteiger partial charge in [0.25, 0.3) is 5.91 Å². The number of nitrogens with one attached hydrogen (secondary N) is 2. The summed E-state index contributed by atoms with van der Waals surface area (Å²) >= 11 is 0. The Morgan fingerprint density at radius 1 is 1.28 bits per heavy atom. The van der Waals surface area contributed by atoms with Gasteiger partial charge in [0.1, 0.15) is 11.5 Å². The molecule has 1 aromatic carbocycles. The largest absolute Gasteiger partial charge is 0.376 e. The lowest BCUT2D eigenvalue weighted by Gasteiger charge is -2.11. The Morgan fingerprint density at radius 3 is 2.88 bits per heavy atom. The molecule has 25 heavy (non-hydrogen) atoms. The Kier molecular flexibility index (Phi) is 5.90. The van der Waals surface area contributed by atoms with E-state index in [0.29, 0.717) is 31.2 Å². The van der Waals surface area contributed by atoms with Crippen LogP contribution in [0.3, 0.4) is 0 Å². The highest BCUT2D eigenvalue weighted by Crippen LogP contribution is 2.12. The number of carbonyl (C=O) groups excluding carboxylic acids is 1. The minimum absolute atomic E-state index is 0.178. The Bertz CT molecular complexity index is 702. The predicted molar refractivity (Wildman–Crippen MR) is 91.9 cm³/mol. The average Bonchev–Trinajstić information content (AvgIpc) is 3.15. The lowest BCUT2D eigenvalue weighted by molar-refractivity contribution is 0.0949. The molecule has 1 amide bonds. The number of benzene rings is 1. The molecule has 6 nitrogen and oxygen atoms in total. The molecule has 0 spiro atoms. The third-order valence-electron chi connectivity index (χ3n) is 4.01. The zero-order valence-electron chi connectivity index (χ0n) is 13.9. The molecule has 0 radical (unpaired) electrons. The van der Waals surface area contributed by atoms with Gasteiger partial charge in [-0.1, -0.05) is 12.1 Å². The first-order valence-electron chi connectivity index (χ1n) is 8.42. The normalized spacial score (nSPS) is 16.6. The maximum atomic E-state index is 12.9. The number of halogens is 1. The quantitative estimate of drug-likeness (QED) is 0.805. The number of hydrogen-bond donors (Lipinski definition) is 2. The average molecular weight is 344 g/mol. The van der Waals surface area contributed by atoms with Crippen LogP contribution in [0.2, 0.25) is 0 Å². The van der Waals surface area contributed by atoms with Crippen LogP contribution < -0.4 is 10.6 Å². The van der Waals surface area contributed by atoms with E-state index >= 15 is 0 Å². The highest BCUT2D eigenvalue weighted by molar-refractivity contribution is 5.92. The Morgan fingerprint density at radius 2 is 2.12 bits per heavy atom. The fraction of sp³-hybridized carbons (Fsp3) is 0.389. The van der Waals surface area contributed by atoms with Gasteiger partial charge in [0, 0.05) is 25.9 Å². The van der Waals surface area contributed by atoms with Gasteiger partial charge in [-0.3, -0.25) is 4.79 Å². The molecule has 2 N–H and O–H groups in total. The number of rotatable bonds is 7. The Labute approximate surface area is 145 Å². The summed E-state index contributed by atoms with van der Waals surface area (Å²) in [6, 6.07) is 7.81. The lowest BCUT2D eigenvalue weighted by atomic mass is 10.1. The standard InChI is InChI=1S/C18H21FN4O2/c19-14-5-3-13(4-6-14)7-9-20-17(24)16-8-10-21-18(23-16)22-12-15-2-1-11-25-15/h3-6,8,10,15H,1-2,7,9,11-12H2,(H,20,24)(H,21,22,23). The minimum atomic E-state index is -0.267. The monoisotopic (exact) mass is 344 g/mol. The molecule has 1 atom stereocenters. The molecule has 1 aliphatic heterocycles. The van der Waals surface area contributed by atoms with Crippen LogP contribution in [0.4, 0.5) is 10.3 Å². The van der Waals surface area contributed by atoms with Crippen LogP contribution in [0.5, 0.6) is 0 Å². The summed E-state index contributed by atoms with van der Waals surface area (Å²) in [4.78, 5) is 20.5. The SMILES string of the molecule is O=C(NCCc1ccc(F)cc1)c1ccnc(NCC2CCCO2)n1. The number of anilines is 1. The van der Waals surface area contributed by atoms with Gasteiger partial charge in [-0.15, -0.1) is 0 Å². The van der Waals surface area contributed by atoms with Gasteiger partial charge in [0.05, 0.1) is 6.10 Å². The molecule has 2 aromatic rings. The van der Waals surface area contributed by atoms with E-state index in [2.05, 4.69) is 20.6 Å². The van der Waals surface area contributed by atoms with Crippen molar-refractivity contribution in [2.24, 2.45) is 0 Å². The summed E-state index contributed by atoms with van der Waals surface area (Å²) in [7, 11) is 0. The van der Waals surface area contributed by atoms with E-state index in [1.54, 1.807) is 24.4 Å². The second-order valence-electron chi connectivity index (χ2n) is 5.91. The summed E-state index contributed by atoms with van der Waals surface area (Å²) in [6.07, 6.45) is 4.46. The summed E-state index contributed by atoms with van der Waals surface area (Å²) < 4.78 is 18.4. The van der Waals surface area contributed by atoms with Crippen LogP contribution in [0.1, 0.15) is 28.9 Å². The first kappa shape index (κ1) is 17.3. The van der Waals surface area contributed by atoms with E-state index in [9.17, 15) is 9.18 Å². The van der Waals surface area contributed by atoms with Crippen LogP contribution in [0.15, 0.2) is 36.5 Å². The molecule has 132 valence electrons. The molecular weight excluding hydrogens is 323 g/mol. The highest BCUT2D eigenvalue weighted by Gasteiger charge is 2.15. The molecular formula is C18H21FN4O2. The van der Waals surface area contributed by atoms with Crippen LogP contribution >= 0.6 is 0 Å². The fourth-order valence-electron chi connectivity index (χ4n) is 2.64. The molecule has 1 saturated heterocycles. The zero-order chi connectivity index (χ0) is 17.5. The van der Waals surface area contributed by atoms with Crippen molar-refractivity contribution in [3.63, 3.8) is 0 Å². The molecule has 0 saturated carbocycles. The molecule has 0 bridgehead atoms. The third kappa shape index (κ3) is 5.22. The van der Waals surface area contributed by atoms with Crippen LogP contribution in [-0.4, -0.2) is 41.7 Å². The maximum absolute atomic E-state index is 12.9. The van der Waals surface area contributed by atoms with Crippen LogP contribution in [0, 0.1) is 5.82 Å². The van der Waals surface area contributed by atoms with E-state index in [1.807, 2.05) is 0 Å². The molecule has 7 heteroatoms. The highest BCUT2D eigenvalue weighted by atomic mass is 19.1. The van der Waals surface area contributed by atoms with Crippen molar-refractivity contribution in [3.8, 4) is 0 Å². The number of aromatic nitrogens is 2. The number of hydrogen-bond acceptors (Lipinski definition) is 5. The van der Waals surface area contributed by atoms with Crippen LogP contribution in [-0.2, 0) is 11.2 Å². The third-order valence-corrected chi connectivity index (χ3v) is 4.01. The van der Waals surface area contributed by atoms with E-state index in [4.69, 9.17) is 4.74 Å². The lowest BCUT2D eigenvalue weighted by Crippen LogP contribution is -2.27. The first-order chi connectivity index (χ1) is 12.2. The maximum Gasteiger partial charge on any atom is 0.270 e.